The van der Waals surface area contributed by atoms with Crippen LogP contribution in [0.2, 0.25) is 0 Å². The predicted molar refractivity (Wildman–Crippen MR) is 75.9 cm³/mol. The quantitative estimate of drug-likeness (QED) is 0.806. The lowest BCUT2D eigenvalue weighted by Crippen LogP contribution is -2.27. The lowest BCUT2D eigenvalue weighted by molar-refractivity contribution is 0.0696. The zero-order valence-corrected chi connectivity index (χ0v) is 12.9. The van der Waals surface area contributed by atoms with Crippen LogP contribution in [0.3, 0.4) is 0 Å². The highest BCUT2D eigenvalue weighted by atomic mass is 35.5. The molecule has 1 aromatic rings. The molecule has 0 amide bonds. The molecule has 1 aliphatic carbocycles. The first-order valence-corrected chi connectivity index (χ1v) is 8.09. The van der Waals surface area contributed by atoms with Crippen molar-refractivity contribution in [1.82, 2.24) is 4.72 Å². The van der Waals surface area contributed by atoms with Crippen molar-refractivity contribution in [3.8, 4) is 0 Å². The van der Waals surface area contributed by atoms with Gasteiger partial charge in [0.2, 0.25) is 10.0 Å². The molecule has 0 saturated heterocycles. The second-order valence-corrected chi connectivity index (χ2v) is 8.08. The van der Waals surface area contributed by atoms with Crippen molar-refractivity contribution >= 4 is 39.2 Å². The Morgan fingerprint density at radius 2 is 2.10 bits per heavy atom. The average Bonchev–Trinajstić information content (AvgIpc) is 2.94. The smallest absolute Gasteiger partial charge is 0.335 e. The Morgan fingerprint density at radius 3 is 2.55 bits per heavy atom. The summed E-state index contributed by atoms with van der Waals surface area (Å²) in [7, 11) is -3.70. The van der Waals surface area contributed by atoms with Crippen LogP contribution in [-0.4, -0.2) is 30.4 Å². The Balaban J connectivity index is 2.15. The molecule has 20 heavy (non-hydrogen) atoms. The SMILES string of the molecule is Cc1cc(C(=O)O)ccc1S(=O)(=O)NCC1CC1(Cl)Cl. The van der Waals surface area contributed by atoms with Crippen LogP contribution in [0.1, 0.15) is 22.3 Å². The molecule has 0 radical (unpaired) electrons. The van der Waals surface area contributed by atoms with Crippen LogP contribution < -0.4 is 4.72 Å². The fraction of sp³-hybridized carbons (Fsp3) is 0.417. The van der Waals surface area contributed by atoms with Crippen LogP contribution in [0.15, 0.2) is 23.1 Å². The Bertz CT molecular complexity index is 657. The molecule has 0 bridgehead atoms. The molecule has 0 aromatic heterocycles. The second-order valence-electron chi connectivity index (χ2n) is 4.80. The highest BCUT2D eigenvalue weighted by molar-refractivity contribution is 7.89. The van der Waals surface area contributed by atoms with E-state index in [-0.39, 0.29) is 22.9 Å². The number of carboxylic acids is 1. The van der Waals surface area contributed by atoms with Crippen molar-refractivity contribution in [3.05, 3.63) is 29.3 Å². The molecule has 1 saturated carbocycles. The summed E-state index contributed by atoms with van der Waals surface area (Å²) in [5, 5.41) is 8.85. The molecule has 1 aliphatic rings. The minimum absolute atomic E-state index is 0.0455. The Morgan fingerprint density at radius 1 is 1.50 bits per heavy atom. The third-order valence-electron chi connectivity index (χ3n) is 3.19. The number of aromatic carboxylic acids is 1. The normalized spacial score (nSPS) is 20.6. The number of rotatable bonds is 5. The lowest BCUT2D eigenvalue weighted by atomic mass is 10.1. The number of hydrogen-bond donors (Lipinski definition) is 2. The van der Waals surface area contributed by atoms with Gasteiger partial charge in [0.15, 0.2) is 0 Å². The van der Waals surface area contributed by atoms with Crippen molar-refractivity contribution in [3.63, 3.8) is 0 Å². The molecular formula is C12H13Cl2NO4S. The standard InChI is InChI=1S/C12H13Cl2NO4S/c1-7-4-8(11(16)17)2-3-10(7)20(18,19)15-6-9-5-12(9,13)14/h2-4,9,15H,5-6H2,1H3,(H,16,17). The summed E-state index contributed by atoms with van der Waals surface area (Å²) in [5.41, 5.74) is 0.417. The largest absolute Gasteiger partial charge is 0.478 e. The molecule has 1 fully saturated rings. The van der Waals surface area contributed by atoms with Crippen LogP contribution in [0.25, 0.3) is 0 Å². The van der Waals surface area contributed by atoms with Gasteiger partial charge in [-0.3, -0.25) is 0 Å². The summed E-state index contributed by atoms with van der Waals surface area (Å²) in [4.78, 5) is 10.9. The molecule has 1 unspecified atom stereocenters. The zero-order chi connectivity index (χ0) is 15.1. The Labute approximate surface area is 126 Å². The maximum absolute atomic E-state index is 12.1. The summed E-state index contributed by atoms with van der Waals surface area (Å²) in [6.07, 6.45) is 0.551. The summed E-state index contributed by atoms with van der Waals surface area (Å²) in [6.45, 7) is 1.71. The first-order chi connectivity index (χ1) is 9.13. The van der Waals surface area contributed by atoms with Crippen LogP contribution >= 0.6 is 23.2 Å². The van der Waals surface area contributed by atoms with Crippen LogP contribution in [-0.2, 0) is 10.0 Å². The second kappa shape index (κ2) is 5.18. The first kappa shape index (κ1) is 15.6. The molecule has 1 aromatic carbocycles. The van der Waals surface area contributed by atoms with E-state index >= 15 is 0 Å². The van der Waals surface area contributed by atoms with Crippen molar-refractivity contribution < 1.29 is 18.3 Å². The highest BCUT2D eigenvalue weighted by Gasteiger charge is 2.51. The van der Waals surface area contributed by atoms with Gasteiger partial charge in [-0.1, -0.05) is 0 Å². The fourth-order valence-corrected chi connectivity index (χ4v) is 3.70. The van der Waals surface area contributed by atoms with Crippen LogP contribution in [0, 0.1) is 12.8 Å². The van der Waals surface area contributed by atoms with Gasteiger partial charge in [-0.25, -0.2) is 17.9 Å². The van der Waals surface area contributed by atoms with Gasteiger partial charge < -0.3 is 5.11 Å². The molecule has 0 aliphatic heterocycles. The molecular weight excluding hydrogens is 325 g/mol. The molecule has 0 heterocycles. The molecule has 0 spiro atoms. The summed E-state index contributed by atoms with van der Waals surface area (Å²) < 4.78 is 25.9. The van der Waals surface area contributed by atoms with E-state index in [0.29, 0.717) is 12.0 Å². The summed E-state index contributed by atoms with van der Waals surface area (Å²) in [5.74, 6) is -1.20. The Hall–Kier alpha value is -0.820. The molecule has 2 rings (SSSR count). The van der Waals surface area contributed by atoms with Gasteiger partial charge in [0.05, 0.1) is 10.5 Å². The maximum atomic E-state index is 12.1. The number of alkyl halides is 2. The molecule has 1 atom stereocenters. The topological polar surface area (TPSA) is 83.5 Å². The van der Waals surface area contributed by atoms with Gasteiger partial charge in [0.1, 0.15) is 4.33 Å². The number of hydrogen-bond acceptors (Lipinski definition) is 3. The van der Waals surface area contributed by atoms with Gasteiger partial charge in [0, 0.05) is 12.5 Å². The van der Waals surface area contributed by atoms with E-state index in [0.717, 1.165) is 0 Å². The van der Waals surface area contributed by atoms with Crippen molar-refractivity contribution in [2.75, 3.05) is 6.54 Å². The van der Waals surface area contributed by atoms with Gasteiger partial charge in [0.25, 0.3) is 0 Å². The minimum atomic E-state index is -3.70. The molecule has 2 N–H and O–H groups in total. The van der Waals surface area contributed by atoms with Crippen LogP contribution in [0.5, 0.6) is 0 Å². The number of carbonyl (C=O) groups is 1. The lowest BCUT2D eigenvalue weighted by Gasteiger charge is -2.10. The zero-order valence-electron chi connectivity index (χ0n) is 10.6. The maximum Gasteiger partial charge on any atom is 0.335 e. The number of nitrogens with one attached hydrogen (secondary N) is 1. The third kappa shape index (κ3) is 3.25. The number of halogens is 2. The monoisotopic (exact) mass is 337 g/mol. The van der Waals surface area contributed by atoms with E-state index in [1.165, 1.54) is 18.2 Å². The van der Waals surface area contributed by atoms with Gasteiger partial charge in [-0.15, -0.1) is 23.2 Å². The van der Waals surface area contributed by atoms with E-state index in [2.05, 4.69) is 4.72 Å². The number of sulfonamides is 1. The first-order valence-electron chi connectivity index (χ1n) is 5.85. The minimum Gasteiger partial charge on any atom is -0.478 e. The fourth-order valence-electron chi connectivity index (χ4n) is 1.86. The Kier molecular flexibility index (Phi) is 4.03. The van der Waals surface area contributed by atoms with E-state index in [4.69, 9.17) is 28.3 Å². The van der Waals surface area contributed by atoms with E-state index < -0.39 is 20.3 Å². The van der Waals surface area contributed by atoms with Gasteiger partial charge in [-0.2, -0.15) is 0 Å². The highest BCUT2D eigenvalue weighted by Crippen LogP contribution is 2.52. The molecule has 5 nitrogen and oxygen atoms in total. The van der Waals surface area contributed by atoms with Gasteiger partial charge >= 0.3 is 5.97 Å². The van der Waals surface area contributed by atoms with Crippen molar-refractivity contribution in [1.29, 1.82) is 0 Å². The molecule has 110 valence electrons. The number of carboxylic acid groups (broad SMARTS) is 1. The van der Waals surface area contributed by atoms with E-state index in [1.54, 1.807) is 6.92 Å². The summed E-state index contributed by atoms with van der Waals surface area (Å²) in [6, 6.07) is 3.86. The van der Waals surface area contributed by atoms with Crippen molar-refractivity contribution in [2.24, 2.45) is 5.92 Å². The molecule has 8 heteroatoms. The number of aryl methyl sites for hydroxylation is 1. The van der Waals surface area contributed by atoms with Crippen LogP contribution in [0.4, 0.5) is 0 Å². The third-order valence-corrected chi connectivity index (χ3v) is 5.70. The summed E-state index contributed by atoms with van der Waals surface area (Å²) >= 11 is 11.7. The van der Waals surface area contributed by atoms with Gasteiger partial charge in [-0.05, 0) is 37.1 Å². The van der Waals surface area contributed by atoms with E-state index in [1.807, 2.05) is 0 Å². The number of benzene rings is 1. The average molecular weight is 338 g/mol. The van der Waals surface area contributed by atoms with E-state index in [9.17, 15) is 13.2 Å². The predicted octanol–water partition coefficient (Wildman–Crippen LogP) is 2.17. The van der Waals surface area contributed by atoms with Crippen molar-refractivity contribution in [2.45, 2.75) is 22.6 Å².